The lowest BCUT2D eigenvalue weighted by molar-refractivity contribution is -0.393. The number of nitrogens with one attached hydrogen (secondary N) is 1. The molecule has 0 aliphatic heterocycles. The Balaban J connectivity index is 1.31. The quantitative estimate of drug-likeness (QED) is 0.430. The molecule has 4 fully saturated rings. The van der Waals surface area contributed by atoms with Crippen LogP contribution >= 0.6 is 0 Å². The number of hydrogen-bond acceptors (Lipinski definition) is 7. The monoisotopic (exact) mass is 470 g/mol. The maximum Gasteiger partial charge on any atom is 0.301 e. The van der Waals surface area contributed by atoms with E-state index in [1.807, 2.05) is 0 Å². The molecule has 184 valence electrons. The first-order valence-corrected chi connectivity index (χ1v) is 12.6. The van der Waals surface area contributed by atoms with E-state index >= 15 is 0 Å². The van der Waals surface area contributed by atoms with Gasteiger partial charge in [0.2, 0.25) is 0 Å². The largest absolute Gasteiger partial charge is 0.393 e. The summed E-state index contributed by atoms with van der Waals surface area (Å²) in [6.07, 6.45) is 9.45. The number of nitro benzene ring substituents is 2. The van der Waals surface area contributed by atoms with Crippen molar-refractivity contribution in [3.05, 3.63) is 38.4 Å². The molecule has 2 N–H and O–H groups in total. The Morgan fingerprint density at radius 3 is 2.50 bits per heavy atom. The van der Waals surface area contributed by atoms with E-state index in [1.165, 1.54) is 25.0 Å². The number of non-ortho nitro benzene ring substituents is 1. The van der Waals surface area contributed by atoms with Gasteiger partial charge < -0.3 is 5.11 Å². The molecule has 0 heterocycles. The Bertz CT molecular complexity index is 1040. The van der Waals surface area contributed by atoms with Gasteiger partial charge in [0.25, 0.3) is 5.69 Å². The number of anilines is 1. The minimum atomic E-state index is -0.638. The van der Waals surface area contributed by atoms with Gasteiger partial charge in [-0.3, -0.25) is 25.7 Å². The number of aliphatic hydroxyl groups is 1. The van der Waals surface area contributed by atoms with Crippen molar-refractivity contribution in [3.63, 3.8) is 0 Å². The predicted octanol–water partition coefficient (Wildman–Crippen LogP) is 5.67. The van der Waals surface area contributed by atoms with Crippen molar-refractivity contribution in [2.75, 3.05) is 5.43 Å². The zero-order valence-corrected chi connectivity index (χ0v) is 19.9. The van der Waals surface area contributed by atoms with Crippen molar-refractivity contribution in [2.45, 2.75) is 77.7 Å². The maximum atomic E-state index is 11.4. The van der Waals surface area contributed by atoms with Crippen LogP contribution in [-0.2, 0) is 0 Å². The molecule has 0 aromatic heterocycles. The minimum Gasteiger partial charge on any atom is -0.393 e. The van der Waals surface area contributed by atoms with Gasteiger partial charge in [-0.25, -0.2) is 0 Å². The molecule has 1 aromatic carbocycles. The summed E-state index contributed by atoms with van der Waals surface area (Å²) in [6.45, 7) is 4.78. The summed E-state index contributed by atoms with van der Waals surface area (Å²) < 4.78 is 0. The molecule has 4 aliphatic rings. The lowest BCUT2D eigenvalue weighted by atomic mass is 9.45. The highest BCUT2D eigenvalue weighted by atomic mass is 16.6. The van der Waals surface area contributed by atoms with E-state index in [0.717, 1.165) is 56.7 Å². The van der Waals surface area contributed by atoms with Crippen LogP contribution in [0.1, 0.15) is 71.6 Å². The molecule has 1 aromatic rings. The van der Waals surface area contributed by atoms with Crippen molar-refractivity contribution in [3.8, 4) is 0 Å². The van der Waals surface area contributed by atoms with Crippen LogP contribution in [0.15, 0.2) is 23.3 Å². The summed E-state index contributed by atoms with van der Waals surface area (Å²) in [5.74, 6) is 2.58. The summed E-state index contributed by atoms with van der Waals surface area (Å²) in [4.78, 5) is 21.1. The van der Waals surface area contributed by atoms with E-state index in [4.69, 9.17) is 0 Å². The van der Waals surface area contributed by atoms with Crippen molar-refractivity contribution < 1.29 is 15.0 Å². The van der Waals surface area contributed by atoms with Crippen LogP contribution < -0.4 is 5.43 Å². The number of benzene rings is 1. The lowest BCUT2D eigenvalue weighted by Gasteiger charge is -2.60. The SMILES string of the molecule is C[C@]12CC/C(=N/Nc3ccc([N+](=O)[O-])cc3[N+](=O)[O-])C[C@H]1CC[C@H]1[C@H]2CC[C@]2(C)[C@@H](O)CC[C@@H]12. The van der Waals surface area contributed by atoms with E-state index in [-0.39, 0.29) is 34.0 Å². The van der Waals surface area contributed by atoms with Crippen LogP contribution in [0.3, 0.4) is 0 Å². The summed E-state index contributed by atoms with van der Waals surface area (Å²) in [7, 11) is 0. The molecule has 0 bridgehead atoms. The Hall–Kier alpha value is -2.55. The highest BCUT2D eigenvalue weighted by Gasteiger charge is 2.59. The van der Waals surface area contributed by atoms with Gasteiger partial charge in [-0.1, -0.05) is 13.8 Å². The summed E-state index contributed by atoms with van der Waals surface area (Å²) in [6, 6.07) is 3.58. The van der Waals surface area contributed by atoms with Gasteiger partial charge in [0.1, 0.15) is 5.69 Å². The molecule has 0 amide bonds. The van der Waals surface area contributed by atoms with E-state index in [0.29, 0.717) is 23.7 Å². The van der Waals surface area contributed by atoms with Gasteiger partial charge in [-0.2, -0.15) is 5.10 Å². The fourth-order valence-electron chi connectivity index (χ4n) is 8.15. The van der Waals surface area contributed by atoms with Crippen LogP contribution in [0.2, 0.25) is 0 Å². The van der Waals surface area contributed by atoms with Gasteiger partial charge in [-0.05, 0) is 98.4 Å². The Kier molecular flexibility index (Phi) is 5.66. The normalized spacial score (nSPS) is 40.2. The number of hydrogen-bond donors (Lipinski definition) is 2. The second-order valence-electron chi connectivity index (χ2n) is 11.5. The molecule has 34 heavy (non-hydrogen) atoms. The zero-order valence-electron chi connectivity index (χ0n) is 19.9. The maximum absolute atomic E-state index is 11.4. The van der Waals surface area contributed by atoms with Crippen LogP contribution in [-0.4, -0.2) is 26.8 Å². The molecule has 9 heteroatoms. The molecule has 0 unspecified atom stereocenters. The Morgan fingerprint density at radius 2 is 1.76 bits per heavy atom. The summed E-state index contributed by atoms with van der Waals surface area (Å²) in [5, 5.41) is 37.6. The molecule has 7 atom stereocenters. The Labute approximate surface area is 199 Å². The van der Waals surface area contributed by atoms with Crippen LogP contribution in [0.5, 0.6) is 0 Å². The van der Waals surface area contributed by atoms with Crippen LogP contribution in [0, 0.1) is 54.7 Å². The average Bonchev–Trinajstić information content (AvgIpc) is 3.11. The van der Waals surface area contributed by atoms with Gasteiger partial charge >= 0.3 is 5.69 Å². The van der Waals surface area contributed by atoms with Gasteiger partial charge in [-0.15, -0.1) is 0 Å². The van der Waals surface area contributed by atoms with Crippen molar-refractivity contribution in [1.82, 2.24) is 0 Å². The lowest BCUT2D eigenvalue weighted by Crippen LogP contribution is -2.54. The number of hydrazone groups is 1. The second kappa shape index (κ2) is 8.29. The smallest absolute Gasteiger partial charge is 0.301 e. The third-order valence-electron chi connectivity index (χ3n) is 10.2. The molecule has 0 saturated heterocycles. The highest BCUT2D eigenvalue weighted by Crippen LogP contribution is 2.66. The van der Waals surface area contributed by atoms with Crippen molar-refractivity contribution in [2.24, 2.45) is 39.6 Å². The minimum absolute atomic E-state index is 0.0923. The van der Waals surface area contributed by atoms with Crippen LogP contribution in [0.25, 0.3) is 0 Å². The third kappa shape index (κ3) is 3.59. The van der Waals surface area contributed by atoms with Crippen LogP contribution in [0.4, 0.5) is 17.1 Å². The molecule has 4 aliphatic carbocycles. The summed E-state index contributed by atoms with van der Waals surface area (Å²) >= 11 is 0. The molecule has 9 nitrogen and oxygen atoms in total. The molecule has 0 spiro atoms. The first-order valence-electron chi connectivity index (χ1n) is 12.6. The Morgan fingerprint density at radius 1 is 1.00 bits per heavy atom. The molecular formula is C25H34N4O5. The van der Waals surface area contributed by atoms with Crippen molar-refractivity contribution >= 4 is 22.8 Å². The average molecular weight is 471 g/mol. The zero-order chi connectivity index (χ0) is 24.3. The molecule has 5 rings (SSSR count). The van der Waals surface area contributed by atoms with E-state index in [1.54, 1.807) is 0 Å². The van der Waals surface area contributed by atoms with E-state index in [9.17, 15) is 25.3 Å². The third-order valence-corrected chi connectivity index (χ3v) is 10.2. The molecular weight excluding hydrogens is 436 g/mol. The van der Waals surface area contributed by atoms with Gasteiger partial charge in [0.15, 0.2) is 0 Å². The van der Waals surface area contributed by atoms with E-state index in [2.05, 4.69) is 24.4 Å². The van der Waals surface area contributed by atoms with E-state index < -0.39 is 9.85 Å². The topological polar surface area (TPSA) is 131 Å². The number of aliphatic hydroxyl groups excluding tert-OH is 1. The molecule has 0 radical (unpaired) electrons. The number of rotatable bonds is 4. The number of fused-ring (bicyclic) bond motifs is 5. The first kappa shape index (κ1) is 23.2. The van der Waals surface area contributed by atoms with Gasteiger partial charge in [0.05, 0.1) is 22.0 Å². The van der Waals surface area contributed by atoms with Crippen molar-refractivity contribution in [1.29, 1.82) is 0 Å². The fraction of sp³-hybridized carbons (Fsp3) is 0.720. The van der Waals surface area contributed by atoms with Gasteiger partial charge in [0, 0.05) is 11.8 Å². The number of nitro groups is 2. The molecule has 4 saturated carbocycles. The summed E-state index contributed by atoms with van der Waals surface area (Å²) in [5.41, 5.74) is 3.73. The standard InChI is InChI=1S/C25H34N4O5/c1-24-11-9-16(26-27-21-7-4-17(28(31)32)14-22(21)29(33)34)13-15(24)3-5-18-19-6-8-23(30)25(19,2)12-10-20(18)24/h4,7,14-15,18-20,23,27,30H,3,5-6,8-13H2,1-2H3/b26-16-/t15-,18-,19+,20-,23+,24+,25+/m1/s1. The fourth-order valence-corrected chi connectivity index (χ4v) is 8.15. The highest BCUT2D eigenvalue weighted by molar-refractivity contribution is 5.86. The number of nitrogens with zero attached hydrogens (tertiary/aromatic N) is 3. The second-order valence-corrected chi connectivity index (χ2v) is 11.5. The predicted molar refractivity (Wildman–Crippen MR) is 129 cm³/mol. The first-order chi connectivity index (χ1) is 16.1.